The van der Waals surface area contributed by atoms with Gasteiger partial charge in [0.15, 0.2) is 0 Å². The fraction of sp³-hybridized carbons (Fsp3) is 0.250. The van der Waals surface area contributed by atoms with Gasteiger partial charge < -0.3 is 4.52 Å². The molecule has 1 N–H and O–H groups in total. The van der Waals surface area contributed by atoms with E-state index in [0.29, 0.717) is 0 Å². The number of hydrogen-bond acceptors (Lipinski definition) is 4. The van der Waals surface area contributed by atoms with Gasteiger partial charge in [0.2, 0.25) is 5.88 Å². The largest absolute Gasteiger partial charge is 0.338 e. The molecule has 5 nitrogen and oxygen atoms in total. The van der Waals surface area contributed by atoms with E-state index in [2.05, 4.69) is 15.5 Å². The number of nitrogens with one attached hydrogen (secondary N) is 1. The summed E-state index contributed by atoms with van der Waals surface area (Å²) in [6, 6.07) is 3.05. The van der Waals surface area contributed by atoms with Gasteiger partial charge in [0.25, 0.3) is 5.91 Å². The summed E-state index contributed by atoms with van der Waals surface area (Å²) in [5.74, 6) is 0.0480. The Hall–Kier alpha value is -1.59. The van der Waals surface area contributed by atoms with Crippen molar-refractivity contribution >= 4 is 35.0 Å². The third kappa shape index (κ3) is 3.24. The van der Waals surface area contributed by atoms with Gasteiger partial charge in [-0.2, -0.15) is 0 Å². The molecule has 2 aromatic heterocycles. The van der Waals surface area contributed by atoms with Crippen LogP contribution < -0.4 is 5.32 Å². The molecule has 0 bridgehead atoms. The van der Waals surface area contributed by atoms with Crippen LogP contribution in [0.25, 0.3) is 0 Å². The number of pyridine rings is 1. The smallest absolute Gasteiger partial charge is 0.259 e. The van der Waals surface area contributed by atoms with Gasteiger partial charge in [-0.25, -0.2) is 4.98 Å². The highest BCUT2D eigenvalue weighted by atomic mass is 35.5. The maximum absolute atomic E-state index is 12.0. The van der Waals surface area contributed by atoms with Crippen LogP contribution in [0.1, 0.15) is 35.8 Å². The number of aromatic nitrogens is 2. The second-order valence-corrected chi connectivity index (χ2v) is 5.01. The summed E-state index contributed by atoms with van der Waals surface area (Å²) < 4.78 is 5.01. The minimum Gasteiger partial charge on any atom is -0.338 e. The van der Waals surface area contributed by atoms with Crippen LogP contribution in [-0.2, 0) is 0 Å². The molecule has 0 aromatic carbocycles. The Balaban J connectivity index is 2.18. The molecule has 0 atom stereocenters. The minimum atomic E-state index is -0.430. The second-order valence-electron chi connectivity index (χ2n) is 4.21. The summed E-state index contributed by atoms with van der Waals surface area (Å²) in [6.07, 6.45) is 1.32. The average Bonchev–Trinajstić information content (AvgIpc) is 2.80. The average molecular weight is 300 g/mol. The molecular formula is C12H11Cl2N3O2. The fourth-order valence-electron chi connectivity index (χ4n) is 1.39. The van der Waals surface area contributed by atoms with Crippen molar-refractivity contribution in [2.45, 2.75) is 19.8 Å². The lowest BCUT2D eigenvalue weighted by molar-refractivity contribution is 0.102. The molecule has 0 radical (unpaired) electrons. The van der Waals surface area contributed by atoms with Gasteiger partial charge in [0.05, 0.1) is 16.3 Å². The third-order valence-electron chi connectivity index (χ3n) is 2.42. The van der Waals surface area contributed by atoms with Crippen LogP contribution in [0.3, 0.4) is 0 Å². The number of anilines is 1. The summed E-state index contributed by atoms with van der Waals surface area (Å²) in [6.45, 7) is 3.95. The Morgan fingerprint density at radius 1 is 1.37 bits per heavy atom. The maximum Gasteiger partial charge on any atom is 0.259 e. The van der Waals surface area contributed by atoms with E-state index in [1.165, 1.54) is 12.3 Å². The lowest BCUT2D eigenvalue weighted by Gasteiger charge is -2.03. The number of carbonyl (C=O) groups excluding carboxylic acids is 1. The Morgan fingerprint density at radius 3 is 2.74 bits per heavy atom. The van der Waals surface area contributed by atoms with Crippen molar-refractivity contribution in [3.63, 3.8) is 0 Å². The van der Waals surface area contributed by atoms with Crippen molar-refractivity contribution in [1.29, 1.82) is 0 Å². The van der Waals surface area contributed by atoms with Gasteiger partial charge in [-0.3, -0.25) is 10.1 Å². The molecule has 0 unspecified atom stereocenters. The van der Waals surface area contributed by atoms with E-state index < -0.39 is 5.91 Å². The molecule has 2 rings (SSSR count). The van der Waals surface area contributed by atoms with Crippen molar-refractivity contribution in [3.8, 4) is 0 Å². The summed E-state index contributed by atoms with van der Waals surface area (Å²) in [4.78, 5) is 15.8. The minimum absolute atomic E-state index is 0.190. The molecule has 0 saturated carbocycles. The number of carbonyl (C=O) groups is 1. The Labute approximate surface area is 119 Å². The number of hydrogen-bond donors (Lipinski definition) is 1. The maximum atomic E-state index is 12.0. The van der Waals surface area contributed by atoms with Gasteiger partial charge in [-0.1, -0.05) is 42.2 Å². The molecule has 19 heavy (non-hydrogen) atoms. The summed E-state index contributed by atoms with van der Waals surface area (Å²) in [5, 5.41) is 6.81. The van der Waals surface area contributed by atoms with Crippen LogP contribution in [0.15, 0.2) is 22.9 Å². The molecule has 0 spiro atoms. The third-order valence-corrected chi connectivity index (χ3v) is 2.93. The van der Waals surface area contributed by atoms with Crippen LogP contribution in [0.4, 0.5) is 5.88 Å². The Bertz CT molecular complexity index is 611. The van der Waals surface area contributed by atoms with Crippen molar-refractivity contribution < 1.29 is 9.32 Å². The summed E-state index contributed by atoms with van der Waals surface area (Å²) in [7, 11) is 0. The van der Waals surface area contributed by atoms with E-state index in [1.807, 2.05) is 13.8 Å². The fourth-order valence-corrected chi connectivity index (χ4v) is 1.73. The van der Waals surface area contributed by atoms with Gasteiger partial charge in [-0.05, 0) is 12.0 Å². The van der Waals surface area contributed by atoms with Crippen LogP contribution in [0.2, 0.25) is 10.2 Å². The van der Waals surface area contributed by atoms with E-state index in [0.717, 1.165) is 5.69 Å². The molecule has 1 amide bonds. The van der Waals surface area contributed by atoms with Crippen LogP contribution >= 0.6 is 23.2 Å². The van der Waals surface area contributed by atoms with Gasteiger partial charge >= 0.3 is 0 Å². The number of nitrogens with zero attached hydrogens (tertiary/aromatic N) is 2. The molecular weight excluding hydrogens is 289 g/mol. The van der Waals surface area contributed by atoms with Crippen LogP contribution in [0, 0.1) is 0 Å². The van der Waals surface area contributed by atoms with Crippen molar-refractivity contribution in [2.75, 3.05) is 5.32 Å². The highest BCUT2D eigenvalue weighted by molar-refractivity contribution is 6.35. The zero-order chi connectivity index (χ0) is 14.0. The molecule has 2 heterocycles. The molecule has 0 saturated heterocycles. The molecule has 100 valence electrons. The predicted molar refractivity (Wildman–Crippen MR) is 72.8 cm³/mol. The van der Waals surface area contributed by atoms with Crippen molar-refractivity contribution in [3.05, 3.63) is 39.8 Å². The topological polar surface area (TPSA) is 68.0 Å². The second kappa shape index (κ2) is 5.59. The standard InChI is InChI=1S/C12H11Cl2N3O2/c1-6(2)9-4-11(19-17-9)16-12(18)7-3-10(14)15-5-8(7)13/h3-6H,1-2H3,(H,16,18). The Kier molecular flexibility index (Phi) is 4.07. The molecule has 0 fully saturated rings. The number of rotatable bonds is 3. The number of halogens is 2. The first-order valence-corrected chi connectivity index (χ1v) is 6.32. The molecule has 0 aliphatic carbocycles. The lowest BCUT2D eigenvalue weighted by atomic mass is 10.1. The summed E-state index contributed by atoms with van der Waals surface area (Å²) in [5.41, 5.74) is 0.985. The number of amides is 1. The Morgan fingerprint density at radius 2 is 2.11 bits per heavy atom. The first kappa shape index (κ1) is 13.8. The van der Waals surface area contributed by atoms with Crippen LogP contribution in [-0.4, -0.2) is 16.0 Å². The van der Waals surface area contributed by atoms with Crippen molar-refractivity contribution in [2.24, 2.45) is 0 Å². The highest BCUT2D eigenvalue weighted by Gasteiger charge is 2.15. The van der Waals surface area contributed by atoms with E-state index in [9.17, 15) is 4.79 Å². The zero-order valence-corrected chi connectivity index (χ0v) is 11.8. The quantitative estimate of drug-likeness (QED) is 0.876. The predicted octanol–water partition coefficient (Wildman–Crippen LogP) is 3.75. The van der Waals surface area contributed by atoms with E-state index in [-0.39, 0.29) is 27.5 Å². The van der Waals surface area contributed by atoms with Gasteiger partial charge in [0.1, 0.15) is 5.15 Å². The SMILES string of the molecule is CC(C)c1cc(NC(=O)c2cc(Cl)ncc2Cl)on1. The molecule has 0 aliphatic rings. The molecule has 0 aliphatic heterocycles. The van der Waals surface area contributed by atoms with Crippen molar-refractivity contribution in [1.82, 2.24) is 10.1 Å². The normalized spacial score (nSPS) is 10.8. The van der Waals surface area contributed by atoms with Gasteiger partial charge in [-0.15, -0.1) is 0 Å². The first-order chi connectivity index (χ1) is 8.97. The molecule has 7 heteroatoms. The van der Waals surface area contributed by atoms with E-state index in [4.69, 9.17) is 27.7 Å². The molecule has 2 aromatic rings. The lowest BCUT2D eigenvalue weighted by Crippen LogP contribution is -2.12. The van der Waals surface area contributed by atoms with Gasteiger partial charge in [0, 0.05) is 12.3 Å². The summed E-state index contributed by atoms with van der Waals surface area (Å²) >= 11 is 11.6. The highest BCUT2D eigenvalue weighted by Crippen LogP contribution is 2.21. The monoisotopic (exact) mass is 299 g/mol. The van der Waals surface area contributed by atoms with Crippen LogP contribution in [0.5, 0.6) is 0 Å². The first-order valence-electron chi connectivity index (χ1n) is 5.56. The van der Waals surface area contributed by atoms with E-state index >= 15 is 0 Å². The zero-order valence-electron chi connectivity index (χ0n) is 10.3. The van der Waals surface area contributed by atoms with E-state index in [1.54, 1.807) is 6.07 Å².